The van der Waals surface area contributed by atoms with Crippen LogP contribution in [0, 0.1) is 6.92 Å². The van der Waals surface area contributed by atoms with Gasteiger partial charge in [0.15, 0.2) is 5.17 Å². The van der Waals surface area contributed by atoms with Gasteiger partial charge < -0.3 is 10.6 Å². The van der Waals surface area contributed by atoms with E-state index in [1.807, 2.05) is 13.8 Å². The zero-order valence-corrected chi connectivity index (χ0v) is 13.3. The Hall–Kier alpha value is -1.53. The van der Waals surface area contributed by atoms with Gasteiger partial charge in [-0.15, -0.1) is 0 Å². The molecule has 0 saturated carbocycles. The first-order valence-corrected chi connectivity index (χ1v) is 7.84. The molecule has 1 heterocycles. The number of carbonyl (C=O) groups is 2. The standard InChI is InChI=1S/C14H16ClN3O2S/c1-3-16-14-18-13(20)11(21-14)7-12(19)17-10-6-4-5-9(15)8(10)2/h4-6,11H,3,7H2,1-2H3,(H,17,19)(H,16,18,20). The van der Waals surface area contributed by atoms with E-state index in [2.05, 4.69) is 15.6 Å². The summed E-state index contributed by atoms with van der Waals surface area (Å²) < 4.78 is 0. The molecule has 0 radical (unpaired) electrons. The van der Waals surface area contributed by atoms with Gasteiger partial charge in [0.25, 0.3) is 0 Å². The number of nitrogens with one attached hydrogen (secondary N) is 2. The minimum absolute atomic E-state index is 0.102. The first-order chi connectivity index (χ1) is 10.0. The molecule has 1 atom stereocenters. The Kier molecular flexibility index (Phi) is 5.25. The number of nitrogens with zero attached hydrogens (tertiary/aromatic N) is 1. The molecule has 2 rings (SSSR count). The number of anilines is 1. The first-order valence-electron chi connectivity index (χ1n) is 6.58. The van der Waals surface area contributed by atoms with Crippen LogP contribution in [0.25, 0.3) is 0 Å². The van der Waals surface area contributed by atoms with Crippen molar-refractivity contribution in [3.63, 3.8) is 0 Å². The second kappa shape index (κ2) is 6.95. The number of amidine groups is 1. The summed E-state index contributed by atoms with van der Waals surface area (Å²) in [5.74, 6) is -0.393. The minimum atomic E-state index is -0.435. The SMILES string of the molecule is CCN=C1NC(=O)C(CC(=O)Nc2cccc(Cl)c2C)S1. The fraction of sp³-hybridized carbons (Fsp3) is 0.357. The fourth-order valence-corrected chi connectivity index (χ4v) is 3.08. The quantitative estimate of drug-likeness (QED) is 0.894. The van der Waals surface area contributed by atoms with Gasteiger partial charge in [0.2, 0.25) is 11.8 Å². The van der Waals surface area contributed by atoms with E-state index in [9.17, 15) is 9.59 Å². The summed E-state index contributed by atoms with van der Waals surface area (Å²) in [7, 11) is 0. The highest BCUT2D eigenvalue weighted by Gasteiger charge is 2.31. The maximum atomic E-state index is 12.1. The molecule has 0 spiro atoms. The van der Waals surface area contributed by atoms with Crippen molar-refractivity contribution in [3.8, 4) is 0 Å². The van der Waals surface area contributed by atoms with E-state index in [1.165, 1.54) is 11.8 Å². The molecule has 2 N–H and O–H groups in total. The molecular formula is C14H16ClN3O2S. The Morgan fingerprint density at radius 1 is 1.52 bits per heavy atom. The van der Waals surface area contributed by atoms with Gasteiger partial charge in [-0.05, 0) is 31.5 Å². The number of aliphatic imine (C=N–C) groups is 1. The number of hydrogen-bond acceptors (Lipinski definition) is 4. The molecule has 7 heteroatoms. The highest BCUT2D eigenvalue weighted by Crippen LogP contribution is 2.25. The fourth-order valence-electron chi connectivity index (χ4n) is 1.87. The van der Waals surface area contributed by atoms with Crippen LogP contribution in [0.1, 0.15) is 18.9 Å². The van der Waals surface area contributed by atoms with Crippen LogP contribution >= 0.6 is 23.4 Å². The summed E-state index contributed by atoms with van der Waals surface area (Å²) >= 11 is 7.30. The predicted molar refractivity (Wildman–Crippen MR) is 86.9 cm³/mol. The molecule has 1 aliphatic heterocycles. The topological polar surface area (TPSA) is 70.6 Å². The summed E-state index contributed by atoms with van der Waals surface area (Å²) in [6, 6.07) is 5.32. The number of thioether (sulfide) groups is 1. The van der Waals surface area contributed by atoms with Gasteiger partial charge in [0.05, 0.1) is 0 Å². The van der Waals surface area contributed by atoms with Crippen molar-refractivity contribution >= 4 is 46.0 Å². The first kappa shape index (κ1) is 15.9. The lowest BCUT2D eigenvalue weighted by Gasteiger charge is -2.10. The number of amides is 2. The van der Waals surface area contributed by atoms with Gasteiger partial charge in [0, 0.05) is 23.7 Å². The van der Waals surface area contributed by atoms with Crippen LogP contribution in [0.2, 0.25) is 5.02 Å². The lowest BCUT2D eigenvalue weighted by atomic mass is 10.2. The summed E-state index contributed by atoms with van der Waals surface area (Å²) in [5, 5.41) is 6.20. The molecule has 1 aliphatic rings. The van der Waals surface area contributed by atoms with Crippen LogP contribution in [-0.2, 0) is 9.59 Å². The lowest BCUT2D eigenvalue weighted by Crippen LogP contribution is -2.28. The summed E-state index contributed by atoms with van der Waals surface area (Å²) in [6.07, 6.45) is 0.102. The third-order valence-electron chi connectivity index (χ3n) is 2.99. The molecule has 1 fully saturated rings. The predicted octanol–water partition coefficient (Wildman–Crippen LogP) is 2.58. The summed E-state index contributed by atoms with van der Waals surface area (Å²) in [5.41, 5.74) is 1.47. The Balaban J connectivity index is 1.98. The second-order valence-corrected chi connectivity index (χ2v) is 6.14. The van der Waals surface area contributed by atoms with Crippen LogP contribution < -0.4 is 10.6 Å². The van der Waals surface area contributed by atoms with E-state index < -0.39 is 5.25 Å². The Morgan fingerprint density at radius 3 is 3.00 bits per heavy atom. The zero-order valence-electron chi connectivity index (χ0n) is 11.8. The zero-order chi connectivity index (χ0) is 15.4. The van der Waals surface area contributed by atoms with Crippen LogP contribution in [0.3, 0.4) is 0 Å². The average Bonchev–Trinajstić information content (AvgIpc) is 2.76. The molecule has 2 amide bonds. The van der Waals surface area contributed by atoms with E-state index in [-0.39, 0.29) is 18.2 Å². The van der Waals surface area contributed by atoms with Gasteiger partial charge in [-0.2, -0.15) is 0 Å². The van der Waals surface area contributed by atoms with E-state index in [0.29, 0.717) is 22.4 Å². The second-order valence-electron chi connectivity index (χ2n) is 4.54. The van der Waals surface area contributed by atoms with Gasteiger partial charge in [0.1, 0.15) is 5.25 Å². The van der Waals surface area contributed by atoms with Crippen molar-refractivity contribution in [1.82, 2.24) is 5.32 Å². The van der Waals surface area contributed by atoms with Gasteiger partial charge in [-0.1, -0.05) is 29.4 Å². The number of hydrogen-bond donors (Lipinski definition) is 2. The number of benzene rings is 1. The van der Waals surface area contributed by atoms with Crippen molar-refractivity contribution < 1.29 is 9.59 Å². The molecule has 0 aliphatic carbocycles. The molecular weight excluding hydrogens is 310 g/mol. The van der Waals surface area contributed by atoms with Crippen molar-refractivity contribution in [1.29, 1.82) is 0 Å². The van der Waals surface area contributed by atoms with Gasteiger partial charge in [-0.25, -0.2) is 0 Å². The molecule has 5 nitrogen and oxygen atoms in total. The normalized spacial score (nSPS) is 19.7. The van der Waals surface area contributed by atoms with Crippen LogP contribution in [0.15, 0.2) is 23.2 Å². The van der Waals surface area contributed by atoms with Gasteiger partial charge in [-0.3, -0.25) is 14.6 Å². The Bertz CT molecular complexity index is 604. The van der Waals surface area contributed by atoms with E-state index >= 15 is 0 Å². The molecule has 1 aromatic carbocycles. The molecule has 1 saturated heterocycles. The molecule has 0 aromatic heterocycles. The molecule has 21 heavy (non-hydrogen) atoms. The maximum absolute atomic E-state index is 12.1. The highest BCUT2D eigenvalue weighted by molar-refractivity contribution is 8.15. The smallest absolute Gasteiger partial charge is 0.240 e. The van der Waals surface area contributed by atoms with Crippen molar-refractivity contribution in [2.45, 2.75) is 25.5 Å². The van der Waals surface area contributed by atoms with Crippen molar-refractivity contribution in [3.05, 3.63) is 28.8 Å². The Morgan fingerprint density at radius 2 is 2.29 bits per heavy atom. The molecule has 1 aromatic rings. The number of rotatable bonds is 4. The molecule has 0 bridgehead atoms. The van der Waals surface area contributed by atoms with E-state index in [4.69, 9.17) is 11.6 Å². The minimum Gasteiger partial charge on any atom is -0.326 e. The highest BCUT2D eigenvalue weighted by atomic mass is 35.5. The maximum Gasteiger partial charge on any atom is 0.240 e. The number of halogens is 1. The molecule has 112 valence electrons. The van der Waals surface area contributed by atoms with Crippen LogP contribution in [0.5, 0.6) is 0 Å². The van der Waals surface area contributed by atoms with Crippen LogP contribution in [0.4, 0.5) is 5.69 Å². The third-order valence-corrected chi connectivity index (χ3v) is 4.52. The molecule has 1 unspecified atom stereocenters. The van der Waals surface area contributed by atoms with Crippen molar-refractivity contribution in [2.75, 3.05) is 11.9 Å². The summed E-state index contributed by atoms with van der Waals surface area (Å²) in [4.78, 5) is 27.9. The third kappa shape index (κ3) is 3.98. The lowest BCUT2D eigenvalue weighted by molar-refractivity contribution is -0.122. The number of carbonyl (C=O) groups excluding carboxylic acids is 2. The average molecular weight is 326 g/mol. The van der Waals surface area contributed by atoms with Gasteiger partial charge >= 0.3 is 0 Å². The summed E-state index contributed by atoms with van der Waals surface area (Å²) in [6.45, 7) is 4.33. The van der Waals surface area contributed by atoms with E-state index in [1.54, 1.807) is 18.2 Å². The van der Waals surface area contributed by atoms with Crippen molar-refractivity contribution in [2.24, 2.45) is 4.99 Å². The van der Waals surface area contributed by atoms with E-state index in [0.717, 1.165) is 5.56 Å². The monoisotopic (exact) mass is 325 g/mol. The largest absolute Gasteiger partial charge is 0.326 e. The Labute approximate surface area is 132 Å². The van der Waals surface area contributed by atoms with Crippen LogP contribution in [-0.4, -0.2) is 28.8 Å².